The van der Waals surface area contributed by atoms with Crippen molar-refractivity contribution in [3.8, 4) is 5.75 Å². The quantitative estimate of drug-likeness (QED) is 0.878. The summed E-state index contributed by atoms with van der Waals surface area (Å²) in [5, 5.41) is 2.74. The fraction of sp³-hybridized carbons (Fsp3) is 0.214. The minimum absolute atomic E-state index is 0.0780. The molecular weight excluding hydrogens is 242 g/mol. The van der Waals surface area contributed by atoms with Gasteiger partial charge in [-0.2, -0.15) is 0 Å². The number of hydrogen-bond acceptors (Lipinski definition) is 3. The molecule has 1 aliphatic heterocycles. The summed E-state index contributed by atoms with van der Waals surface area (Å²) in [5.41, 5.74) is 5.61. The molecule has 1 aromatic carbocycles. The van der Waals surface area contributed by atoms with Crippen molar-refractivity contribution in [1.82, 2.24) is 9.99 Å². The van der Waals surface area contributed by atoms with Crippen molar-refractivity contribution in [2.24, 2.45) is 0 Å². The third kappa shape index (κ3) is 2.14. The van der Waals surface area contributed by atoms with E-state index in [4.69, 9.17) is 4.74 Å². The van der Waals surface area contributed by atoms with Gasteiger partial charge in [0.25, 0.3) is 5.91 Å². The lowest BCUT2D eigenvalue weighted by atomic mass is 10.2. The van der Waals surface area contributed by atoms with Gasteiger partial charge in [0, 0.05) is 5.56 Å². The van der Waals surface area contributed by atoms with Crippen LogP contribution in [-0.4, -0.2) is 17.3 Å². The number of hydrogen-bond donors (Lipinski definition) is 2. The predicted molar refractivity (Wildman–Crippen MR) is 71.6 cm³/mol. The Morgan fingerprint density at radius 3 is 2.84 bits per heavy atom. The minimum Gasteiger partial charge on any atom is -0.487 e. The zero-order chi connectivity index (χ0) is 13.2. The first-order chi connectivity index (χ1) is 9.25. The van der Waals surface area contributed by atoms with E-state index in [0.717, 1.165) is 16.9 Å². The highest BCUT2D eigenvalue weighted by Gasteiger charge is 2.22. The van der Waals surface area contributed by atoms with E-state index in [-0.39, 0.29) is 5.91 Å². The number of ether oxygens (including phenoxy) is 1. The van der Waals surface area contributed by atoms with Gasteiger partial charge >= 0.3 is 0 Å². The average molecular weight is 257 g/mol. The number of nitrogens with zero attached hydrogens (tertiary/aromatic N) is 1. The number of fused-ring (bicyclic) bond motifs is 1. The van der Waals surface area contributed by atoms with Crippen LogP contribution in [0.2, 0.25) is 0 Å². The number of benzene rings is 1. The summed E-state index contributed by atoms with van der Waals surface area (Å²) in [4.78, 5) is 11.8. The van der Waals surface area contributed by atoms with E-state index >= 15 is 0 Å². The van der Waals surface area contributed by atoms with Crippen LogP contribution >= 0.6 is 0 Å². The Balaban J connectivity index is 1.81. The van der Waals surface area contributed by atoms with Crippen LogP contribution in [0.5, 0.6) is 5.75 Å². The molecule has 5 nitrogen and oxygen atoms in total. The average Bonchev–Trinajstić information content (AvgIpc) is 2.76. The monoisotopic (exact) mass is 257 g/mol. The number of rotatable bonds is 3. The molecule has 0 saturated carbocycles. The third-order valence-electron chi connectivity index (χ3n) is 3.16. The van der Waals surface area contributed by atoms with E-state index in [1.165, 1.54) is 0 Å². The summed E-state index contributed by atoms with van der Waals surface area (Å²) in [7, 11) is 0. The molecule has 98 valence electrons. The molecule has 0 fully saturated rings. The fourth-order valence-electron chi connectivity index (χ4n) is 2.15. The molecule has 1 aliphatic rings. The molecule has 0 saturated heterocycles. The van der Waals surface area contributed by atoms with Crippen molar-refractivity contribution >= 4 is 5.91 Å². The van der Waals surface area contributed by atoms with Gasteiger partial charge in [-0.05, 0) is 12.5 Å². The van der Waals surface area contributed by atoms with Gasteiger partial charge in [-0.25, -0.2) is 0 Å². The lowest BCUT2D eigenvalue weighted by molar-refractivity contribution is 0.0936. The highest BCUT2D eigenvalue weighted by molar-refractivity contribution is 5.95. The molecule has 3 rings (SSSR count). The Kier molecular flexibility index (Phi) is 2.87. The zero-order valence-electron chi connectivity index (χ0n) is 10.6. The van der Waals surface area contributed by atoms with Crippen LogP contribution in [0.3, 0.4) is 0 Å². The van der Waals surface area contributed by atoms with E-state index in [0.29, 0.717) is 19.0 Å². The Bertz CT molecular complexity index is 605. The molecular formula is C14H15N3O2. The molecule has 2 N–H and O–H groups in total. The first-order valence-electron chi connectivity index (χ1n) is 6.16. The van der Waals surface area contributed by atoms with Crippen LogP contribution in [0.25, 0.3) is 0 Å². The molecule has 0 bridgehead atoms. The maximum atomic E-state index is 11.8. The highest BCUT2D eigenvalue weighted by atomic mass is 16.5. The normalized spacial score (nSPS) is 13.4. The van der Waals surface area contributed by atoms with E-state index in [1.54, 1.807) is 4.68 Å². The third-order valence-corrected chi connectivity index (χ3v) is 3.16. The molecule has 2 aromatic rings. The van der Waals surface area contributed by atoms with Crippen LogP contribution < -0.4 is 15.5 Å². The van der Waals surface area contributed by atoms with Crippen molar-refractivity contribution in [2.45, 2.75) is 13.5 Å². The number of amides is 1. The Morgan fingerprint density at radius 1 is 1.32 bits per heavy atom. The van der Waals surface area contributed by atoms with Crippen LogP contribution in [-0.2, 0) is 6.61 Å². The maximum absolute atomic E-state index is 11.8. The topological polar surface area (TPSA) is 55.3 Å². The second-order valence-corrected chi connectivity index (χ2v) is 4.45. The van der Waals surface area contributed by atoms with Gasteiger partial charge in [0.2, 0.25) is 0 Å². The molecule has 0 spiro atoms. The summed E-state index contributed by atoms with van der Waals surface area (Å²) in [5.74, 6) is 0.647. The fourth-order valence-corrected chi connectivity index (χ4v) is 2.15. The molecule has 0 unspecified atom stereocenters. The first kappa shape index (κ1) is 11.6. The van der Waals surface area contributed by atoms with Gasteiger partial charge in [-0.3, -0.25) is 9.47 Å². The number of carbonyl (C=O) groups is 1. The van der Waals surface area contributed by atoms with Crippen molar-refractivity contribution in [3.05, 3.63) is 53.3 Å². The molecule has 0 radical (unpaired) electrons. The van der Waals surface area contributed by atoms with E-state index in [1.807, 2.05) is 43.5 Å². The number of aromatic nitrogens is 1. The van der Waals surface area contributed by atoms with E-state index < -0.39 is 0 Å². The van der Waals surface area contributed by atoms with E-state index in [2.05, 4.69) is 10.7 Å². The molecule has 0 atom stereocenters. The van der Waals surface area contributed by atoms with Gasteiger partial charge in [-0.1, -0.05) is 30.3 Å². The predicted octanol–water partition coefficient (Wildman–Crippen LogP) is 1.62. The van der Waals surface area contributed by atoms with Gasteiger partial charge in [0.1, 0.15) is 24.7 Å². The molecule has 1 aromatic heterocycles. The van der Waals surface area contributed by atoms with E-state index in [9.17, 15) is 4.79 Å². The second kappa shape index (κ2) is 4.68. The molecule has 2 heterocycles. The van der Waals surface area contributed by atoms with Crippen LogP contribution in [0.4, 0.5) is 0 Å². The lowest BCUT2D eigenvalue weighted by Crippen LogP contribution is -2.41. The van der Waals surface area contributed by atoms with Crippen LogP contribution in [0, 0.1) is 6.92 Å². The van der Waals surface area contributed by atoms with Gasteiger partial charge in [0.15, 0.2) is 0 Å². The summed E-state index contributed by atoms with van der Waals surface area (Å²) >= 11 is 0. The Morgan fingerprint density at radius 2 is 2.11 bits per heavy atom. The Hall–Kier alpha value is -2.43. The smallest absolute Gasteiger partial charge is 0.271 e. The molecule has 5 heteroatoms. The minimum atomic E-state index is -0.0780. The summed E-state index contributed by atoms with van der Waals surface area (Å²) in [6, 6.07) is 9.95. The molecule has 19 heavy (non-hydrogen) atoms. The molecule has 1 amide bonds. The van der Waals surface area contributed by atoms with Crippen molar-refractivity contribution in [3.63, 3.8) is 0 Å². The van der Waals surface area contributed by atoms with Crippen molar-refractivity contribution < 1.29 is 9.53 Å². The summed E-state index contributed by atoms with van der Waals surface area (Å²) < 4.78 is 7.50. The SMILES string of the molecule is Cc1c(OCc2ccccc2)cn2c1C(=O)NCN2. The summed E-state index contributed by atoms with van der Waals surface area (Å²) in [6.07, 6.45) is 1.81. The second-order valence-electron chi connectivity index (χ2n) is 4.45. The highest BCUT2D eigenvalue weighted by Crippen LogP contribution is 2.25. The van der Waals surface area contributed by atoms with Gasteiger partial charge in [0.05, 0.1) is 6.20 Å². The number of nitrogens with one attached hydrogen (secondary N) is 2. The van der Waals surface area contributed by atoms with Crippen LogP contribution in [0.1, 0.15) is 21.6 Å². The lowest BCUT2D eigenvalue weighted by Gasteiger charge is -2.18. The van der Waals surface area contributed by atoms with Gasteiger partial charge < -0.3 is 15.5 Å². The standard InChI is InChI=1S/C14H15N3O2/c1-10-12(19-8-11-5-3-2-4-6-11)7-17-13(10)14(18)15-9-16-17/h2-7,16H,8-9H2,1H3,(H,15,18). The Labute approximate surface area is 111 Å². The largest absolute Gasteiger partial charge is 0.487 e. The molecule has 0 aliphatic carbocycles. The van der Waals surface area contributed by atoms with Crippen LogP contribution in [0.15, 0.2) is 36.5 Å². The van der Waals surface area contributed by atoms with Crippen molar-refractivity contribution in [1.29, 1.82) is 0 Å². The maximum Gasteiger partial charge on any atom is 0.271 e. The zero-order valence-corrected chi connectivity index (χ0v) is 10.6. The summed E-state index contributed by atoms with van der Waals surface area (Å²) in [6.45, 7) is 2.81. The van der Waals surface area contributed by atoms with Crippen molar-refractivity contribution in [2.75, 3.05) is 12.1 Å². The number of carbonyl (C=O) groups excluding carboxylic acids is 1. The first-order valence-corrected chi connectivity index (χ1v) is 6.16. The van der Waals surface area contributed by atoms with Gasteiger partial charge in [-0.15, -0.1) is 0 Å².